The number of amidine groups is 2. The molecule has 248 valence electrons. The van der Waals surface area contributed by atoms with Crippen LogP contribution in [0.4, 0.5) is 0 Å². The van der Waals surface area contributed by atoms with Gasteiger partial charge in [-0.1, -0.05) is 103 Å². The highest BCUT2D eigenvalue weighted by molar-refractivity contribution is 7.55. The fourth-order valence-electron chi connectivity index (χ4n) is 4.93. The van der Waals surface area contributed by atoms with E-state index in [0.29, 0.717) is 16.7 Å². The van der Waals surface area contributed by atoms with Crippen LogP contribution in [0.25, 0.3) is 0 Å². The summed E-state index contributed by atoms with van der Waals surface area (Å²) in [5.41, 5.74) is 13.4. The molecule has 0 saturated heterocycles. The maximum atomic E-state index is 15.1. The normalized spacial score (nSPS) is 12.2. The predicted molar refractivity (Wildman–Crippen MR) is 189 cm³/mol. The lowest BCUT2D eigenvalue weighted by Gasteiger charge is -2.30. The molecule has 2 amide bonds. The Kier molecular flexibility index (Phi) is 10.9. The van der Waals surface area contributed by atoms with E-state index in [9.17, 15) is 9.59 Å². The third kappa shape index (κ3) is 9.00. The van der Waals surface area contributed by atoms with Crippen molar-refractivity contribution in [2.45, 2.75) is 18.2 Å². The van der Waals surface area contributed by atoms with Crippen molar-refractivity contribution in [2.75, 3.05) is 0 Å². The van der Waals surface area contributed by atoms with Gasteiger partial charge in [-0.2, -0.15) is 0 Å². The van der Waals surface area contributed by atoms with Crippen molar-refractivity contribution < 1.29 is 23.2 Å². The first-order valence-electron chi connectivity index (χ1n) is 15.2. The maximum Gasteiger partial charge on any atom is 0.457 e. The molecule has 0 aliphatic rings. The van der Waals surface area contributed by atoms with Gasteiger partial charge in [0.15, 0.2) is 5.78 Å². The van der Waals surface area contributed by atoms with Crippen LogP contribution in [0, 0.1) is 10.8 Å². The minimum atomic E-state index is -4.39. The van der Waals surface area contributed by atoms with E-state index in [4.69, 9.17) is 31.3 Å². The van der Waals surface area contributed by atoms with Gasteiger partial charge in [0.1, 0.15) is 29.2 Å². The highest BCUT2D eigenvalue weighted by Gasteiger charge is 2.43. The lowest BCUT2D eigenvalue weighted by Crippen LogP contribution is -2.49. The number of carbonyl (C=O) groups is 2. The standard InChI is InChI=1S/C37H35N6O5P/c38-33(39)26-19-21-27(22-20-26)37(49(46,47-30-15-6-2-7-16-30)48-31-17-8-3-9-18-31)43-36(45)32(23-25-11-4-1-5-12-25)42-35(44)29-14-10-13-28(24-29)34(40)41/h1-22,24,32,37H,23H2,(H3,38,39)(H3,40,41)(H,42,44)(H,43,45)/t32-,37+/m1/s1. The summed E-state index contributed by atoms with van der Waals surface area (Å²) in [6.45, 7) is 0. The minimum absolute atomic E-state index is 0.0875. The molecule has 0 radical (unpaired) electrons. The van der Waals surface area contributed by atoms with Gasteiger partial charge in [0.05, 0.1) is 0 Å². The second-order valence-electron chi connectivity index (χ2n) is 11.0. The van der Waals surface area contributed by atoms with E-state index in [1.54, 1.807) is 103 Å². The van der Waals surface area contributed by atoms with Crippen LogP contribution in [0.1, 0.15) is 38.4 Å². The topological polar surface area (TPSA) is 193 Å². The summed E-state index contributed by atoms with van der Waals surface area (Å²) in [7, 11) is -4.39. The summed E-state index contributed by atoms with van der Waals surface area (Å²) >= 11 is 0. The van der Waals surface area contributed by atoms with Gasteiger partial charge < -0.3 is 31.1 Å². The summed E-state index contributed by atoms with van der Waals surface area (Å²) in [6, 6.07) is 37.3. The maximum absolute atomic E-state index is 15.1. The molecule has 0 aliphatic heterocycles. The summed E-state index contributed by atoms with van der Waals surface area (Å²) in [4.78, 5) is 27.9. The van der Waals surface area contributed by atoms with Gasteiger partial charge in [-0.25, -0.2) is 4.57 Å². The highest BCUT2D eigenvalue weighted by atomic mass is 31.2. The van der Waals surface area contributed by atoms with Crippen LogP contribution in [-0.2, 0) is 15.8 Å². The molecule has 8 N–H and O–H groups in total. The zero-order valence-electron chi connectivity index (χ0n) is 26.3. The highest BCUT2D eigenvalue weighted by Crippen LogP contribution is 2.59. The Bertz CT molecular complexity index is 1930. The van der Waals surface area contributed by atoms with Crippen molar-refractivity contribution in [3.8, 4) is 11.5 Å². The summed E-state index contributed by atoms with van der Waals surface area (Å²) in [6.07, 6.45) is 0.0875. The van der Waals surface area contributed by atoms with E-state index in [0.717, 1.165) is 5.56 Å². The third-order valence-electron chi connectivity index (χ3n) is 7.42. The summed E-state index contributed by atoms with van der Waals surface area (Å²) < 4.78 is 27.3. The molecule has 0 spiro atoms. The van der Waals surface area contributed by atoms with E-state index in [-0.39, 0.29) is 35.2 Å². The Morgan fingerprint density at radius 3 is 1.67 bits per heavy atom. The average molecular weight is 675 g/mol. The Morgan fingerprint density at radius 2 is 1.14 bits per heavy atom. The number of hydrogen-bond donors (Lipinski definition) is 6. The molecule has 11 nitrogen and oxygen atoms in total. The lowest BCUT2D eigenvalue weighted by molar-refractivity contribution is -0.123. The predicted octanol–water partition coefficient (Wildman–Crippen LogP) is 5.76. The Morgan fingerprint density at radius 1 is 0.633 bits per heavy atom. The molecule has 12 heteroatoms. The van der Waals surface area contributed by atoms with Crippen molar-refractivity contribution in [1.82, 2.24) is 10.6 Å². The number of hydrogen-bond acceptors (Lipinski definition) is 7. The van der Waals surface area contributed by atoms with E-state index in [1.165, 1.54) is 6.07 Å². The largest absolute Gasteiger partial charge is 0.457 e. The summed E-state index contributed by atoms with van der Waals surface area (Å²) in [5, 5.41) is 21.3. The first kappa shape index (κ1) is 34.2. The molecule has 0 heterocycles. The van der Waals surface area contributed by atoms with Gasteiger partial charge >= 0.3 is 7.60 Å². The molecule has 0 fully saturated rings. The average Bonchev–Trinajstić information content (AvgIpc) is 3.11. The molecule has 49 heavy (non-hydrogen) atoms. The van der Waals surface area contributed by atoms with Crippen LogP contribution in [0.3, 0.4) is 0 Å². The molecule has 5 rings (SSSR count). The van der Waals surface area contributed by atoms with E-state index in [2.05, 4.69) is 10.6 Å². The first-order chi connectivity index (χ1) is 23.6. The minimum Gasteiger partial charge on any atom is -0.414 e. The molecule has 5 aromatic rings. The Hall–Kier alpha value is -6.19. The van der Waals surface area contributed by atoms with Crippen LogP contribution >= 0.6 is 7.60 Å². The number of rotatable bonds is 14. The monoisotopic (exact) mass is 674 g/mol. The number of nitrogens with two attached hydrogens (primary N) is 2. The van der Waals surface area contributed by atoms with Gasteiger partial charge in [-0.15, -0.1) is 0 Å². The van der Waals surface area contributed by atoms with Crippen LogP contribution in [0.15, 0.2) is 140 Å². The third-order valence-corrected chi connectivity index (χ3v) is 9.41. The number of nitrogens with one attached hydrogen (secondary N) is 4. The molecule has 0 unspecified atom stereocenters. The second-order valence-corrected chi connectivity index (χ2v) is 13.0. The Labute approximate surface area is 283 Å². The summed E-state index contributed by atoms with van der Waals surface area (Å²) in [5.74, 6) is -2.55. The van der Waals surface area contributed by atoms with Crippen LogP contribution < -0.4 is 31.1 Å². The zero-order valence-corrected chi connectivity index (χ0v) is 27.2. The number of nitrogen functional groups attached to an aromatic ring is 2. The molecular formula is C37H35N6O5P. The molecule has 0 aliphatic carbocycles. The van der Waals surface area contributed by atoms with Gasteiger partial charge in [0.25, 0.3) is 5.91 Å². The zero-order chi connectivity index (χ0) is 34.8. The number of para-hydroxylation sites is 2. The fraction of sp³-hybridized carbons (Fsp3) is 0.0811. The van der Waals surface area contributed by atoms with Crippen molar-refractivity contribution in [3.05, 3.63) is 167 Å². The molecule has 5 aromatic carbocycles. The second kappa shape index (κ2) is 15.6. The van der Waals surface area contributed by atoms with Crippen LogP contribution in [-0.4, -0.2) is 29.5 Å². The SMILES string of the molecule is N=C(N)c1ccc([C@@H](NC(=O)[C@@H](Cc2ccccc2)NC(=O)c2cccc(C(=N)N)c2)P(=O)(Oc2ccccc2)Oc2ccccc2)cc1. The molecule has 0 bridgehead atoms. The van der Waals surface area contributed by atoms with Gasteiger partial charge in [-0.05, 0) is 47.5 Å². The molecule has 0 saturated carbocycles. The number of carbonyl (C=O) groups excluding carboxylic acids is 2. The van der Waals surface area contributed by atoms with Gasteiger partial charge in [0, 0.05) is 23.1 Å². The lowest BCUT2D eigenvalue weighted by atomic mass is 10.0. The smallest absolute Gasteiger partial charge is 0.414 e. The van der Waals surface area contributed by atoms with E-state index in [1.807, 2.05) is 30.3 Å². The van der Waals surface area contributed by atoms with E-state index < -0.39 is 31.2 Å². The number of amides is 2. The van der Waals surface area contributed by atoms with Crippen molar-refractivity contribution in [3.63, 3.8) is 0 Å². The van der Waals surface area contributed by atoms with Gasteiger partial charge in [-0.3, -0.25) is 20.4 Å². The van der Waals surface area contributed by atoms with Crippen LogP contribution in [0.5, 0.6) is 11.5 Å². The molecular weight excluding hydrogens is 639 g/mol. The first-order valence-corrected chi connectivity index (χ1v) is 16.9. The van der Waals surface area contributed by atoms with Crippen molar-refractivity contribution in [2.24, 2.45) is 11.5 Å². The molecule has 0 aromatic heterocycles. The number of benzene rings is 5. The fourth-order valence-corrected chi connectivity index (χ4v) is 6.84. The quantitative estimate of drug-likeness (QED) is 0.0489. The van der Waals surface area contributed by atoms with Crippen molar-refractivity contribution in [1.29, 1.82) is 10.8 Å². The van der Waals surface area contributed by atoms with E-state index >= 15 is 4.57 Å². The van der Waals surface area contributed by atoms with Crippen LogP contribution in [0.2, 0.25) is 0 Å². The Balaban J connectivity index is 1.55. The van der Waals surface area contributed by atoms with Gasteiger partial charge in [0.2, 0.25) is 5.91 Å². The molecule has 2 atom stereocenters. The van der Waals surface area contributed by atoms with Crippen molar-refractivity contribution >= 4 is 31.1 Å².